The molecule has 0 bridgehead atoms. The van der Waals surface area contributed by atoms with Gasteiger partial charge < -0.3 is 14.4 Å². The lowest BCUT2D eigenvalue weighted by molar-refractivity contribution is -0.146. The summed E-state index contributed by atoms with van der Waals surface area (Å²) in [6.45, 7) is 9.78. The molecule has 5 rings (SSSR count). The number of allylic oxidation sites excluding steroid dienone is 2. The highest BCUT2D eigenvalue weighted by Gasteiger charge is 2.44. The normalized spacial score (nSPS) is 21.1. The van der Waals surface area contributed by atoms with Crippen molar-refractivity contribution < 1.29 is 19.1 Å². The Morgan fingerprint density at radius 2 is 1.52 bits per heavy atom. The van der Waals surface area contributed by atoms with E-state index in [-0.39, 0.29) is 19.2 Å². The number of hydrogen-bond acceptors (Lipinski definition) is 6. The lowest BCUT2D eigenvalue weighted by Crippen LogP contribution is -2.38. The Bertz CT molecular complexity index is 1450. The van der Waals surface area contributed by atoms with Gasteiger partial charge in [-0.25, -0.2) is 4.79 Å². The SMILES string of the molecule is CCOC(=O)C1=C(C)N=C(C)C(C(=O)OCC)C1C1=Cc2ccccc2C(=C2CCN(C)CC2)c2ccccc21. The van der Waals surface area contributed by atoms with Crippen LogP contribution in [0, 0.1) is 11.8 Å². The Morgan fingerprint density at radius 3 is 2.20 bits per heavy atom. The van der Waals surface area contributed by atoms with Crippen LogP contribution in [0.3, 0.4) is 0 Å². The van der Waals surface area contributed by atoms with Crippen LogP contribution in [-0.2, 0) is 19.1 Å². The summed E-state index contributed by atoms with van der Waals surface area (Å²) in [5.41, 5.74) is 9.62. The monoisotopic (exact) mass is 538 g/mol. The van der Waals surface area contributed by atoms with Crippen LogP contribution < -0.4 is 0 Å². The molecule has 2 atom stereocenters. The van der Waals surface area contributed by atoms with Crippen molar-refractivity contribution in [3.8, 4) is 0 Å². The number of likely N-dealkylation sites (tertiary alicyclic amines) is 1. The minimum absolute atomic E-state index is 0.234. The summed E-state index contributed by atoms with van der Waals surface area (Å²) in [4.78, 5) is 34.1. The first kappa shape index (κ1) is 27.8. The molecule has 2 aromatic carbocycles. The van der Waals surface area contributed by atoms with Crippen LogP contribution in [0.25, 0.3) is 17.2 Å². The van der Waals surface area contributed by atoms with Crippen molar-refractivity contribution in [1.82, 2.24) is 4.90 Å². The van der Waals surface area contributed by atoms with Crippen molar-refractivity contribution in [3.63, 3.8) is 0 Å². The van der Waals surface area contributed by atoms with Crippen molar-refractivity contribution in [2.45, 2.75) is 40.5 Å². The third-order valence-electron chi connectivity index (χ3n) is 8.19. The first-order chi connectivity index (χ1) is 19.3. The summed E-state index contributed by atoms with van der Waals surface area (Å²) in [5, 5.41) is 0. The number of carbonyl (C=O) groups excluding carboxylic acids is 2. The second-order valence-corrected chi connectivity index (χ2v) is 10.7. The first-order valence-corrected chi connectivity index (χ1v) is 14.3. The molecule has 208 valence electrons. The molecule has 3 aliphatic rings. The van der Waals surface area contributed by atoms with Gasteiger partial charge in [0.15, 0.2) is 0 Å². The average Bonchev–Trinajstić information content (AvgIpc) is 3.08. The molecule has 6 nitrogen and oxygen atoms in total. The van der Waals surface area contributed by atoms with E-state index < -0.39 is 17.8 Å². The molecule has 2 unspecified atom stereocenters. The van der Waals surface area contributed by atoms with Gasteiger partial charge in [0.2, 0.25) is 0 Å². The number of nitrogens with zero attached hydrogens (tertiary/aromatic N) is 2. The Balaban J connectivity index is 1.80. The third-order valence-corrected chi connectivity index (χ3v) is 8.19. The van der Waals surface area contributed by atoms with Crippen LogP contribution in [0.4, 0.5) is 0 Å². The summed E-state index contributed by atoms with van der Waals surface area (Å²) < 4.78 is 11.1. The number of rotatable bonds is 5. The fraction of sp³-hybridized carbons (Fsp3) is 0.382. The van der Waals surface area contributed by atoms with Crippen LogP contribution in [0.1, 0.15) is 62.8 Å². The molecule has 1 fully saturated rings. The van der Waals surface area contributed by atoms with Crippen LogP contribution in [0.15, 0.2) is 70.4 Å². The van der Waals surface area contributed by atoms with Gasteiger partial charge in [-0.15, -0.1) is 0 Å². The van der Waals surface area contributed by atoms with Crippen LogP contribution in [0.2, 0.25) is 0 Å². The zero-order valence-electron chi connectivity index (χ0n) is 24.1. The standard InChI is InChI=1S/C34H38N2O4/c1-6-39-33(37)29-21(3)35-22(4)30(34(38)40-7-2)32(29)28-20-24-12-8-9-13-25(24)31(23-16-18-36(5)19-17-23)27-15-11-10-14-26(27)28/h8-15,20,29,32H,6-7,16-19H2,1-5H3. The molecule has 0 N–H and O–H groups in total. The Labute approximate surface area is 237 Å². The predicted octanol–water partition coefficient (Wildman–Crippen LogP) is 6.18. The number of benzene rings is 2. The molecule has 0 radical (unpaired) electrons. The molecule has 0 spiro atoms. The average molecular weight is 539 g/mol. The molecule has 1 aliphatic carbocycles. The molecular formula is C34H38N2O4. The van der Waals surface area contributed by atoms with Crippen molar-refractivity contribution in [2.75, 3.05) is 33.4 Å². The number of esters is 2. The lowest BCUT2D eigenvalue weighted by Gasteiger charge is -2.33. The van der Waals surface area contributed by atoms with E-state index in [2.05, 4.69) is 59.4 Å². The zero-order valence-corrected chi connectivity index (χ0v) is 24.1. The molecule has 6 heteroatoms. The van der Waals surface area contributed by atoms with Gasteiger partial charge in [0.1, 0.15) is 5.92 Å². The summed E-state index contributed by atoms with van der Waals surface area (Å²) >= 11 is 0. The third kappa shape index (κ3) is 5.08. The predicted molar refractivity (Wildman–Crippen MR) is 160 cm³/mol. The maximum Gasteiger partial charge on any atom is 0.336 e. The Morgan fingerprint density at radius 1 is 0.900 bits per heavy atom. The number of carbonyl (C=O) groups is 2. The van der Waals surface area contributed by atoms with E-state index in [9.17, 15) is 9.59 Å². The number of ether oxygens (including phenoxy) is 2. The van der Waals surface area contributed by atoms with Gasteiger partial charge in [0.05, 0.1) is 18.8 Å². The second kappa shape index (κ2) is 11.8. The number of piperidine rings is 1. The molecule has 2 heterocycles. The topological polar surface area (TPSA) is 68.2 Å². The van der Waals surface area contributed by atoms with E-state index in [0.717, 1.165) is 48.2 Å². The zero-order chi connectivity index (χ0) is 28.4. The van der Waals surface area contributed by atoms with Crippen molar-refractivity contribution in [1.29, 1.82) is 0 Å². The van der Waals surface area contributed by atoms with Gasteiger partial charge in [0, 0.05) is 30.4 Å². The maximum atomic E-state index is 13.6. The Kier molecular flexibility index (Phi) is 8.17. The number of hydrogen-bond donors (Lipinski definition) is 0. The fourth-order valence-electron chi connectivity index (χ4n) is 6.35. The smallest absolute Gasteiger partial charge is 0.336 e. The minimum Gasteiger partial charge on any atom is -0.465 e. The van der Waals surface area contributed by atoms with Gasteiger partial charge in [-0.2, -0.15) is 0 Å². The van der Waals surface area contributed by atoms with Gasteiger partial charge in [-0.05, 0) is 87.1 Å². The number of aliphatic imine (C=N–C) groups is 1. The fourth-order valence-corrected chi connectivity index (χ4v) is 6.35. The molecular weight excluding hydrogens is 500 g/mol. The molecule has 0 saturated carbocycles. The first-order valence-electron chi connectivity index (χ1n) is 14.3. The van der Waals surface area contributed by atoms with Gasteiger partial charge in [-0.3, -0.25) is 9.79 Å². The van der Waals surface area contributed by atoms with E-state index in [0.29, 0.717) is 17.0 Å². The van der Waals surface area contributed by atoms with Crippen LogP contribution in [0.5, 0.6) is 0 Å². The van der Waals surface area contributed by atoms with E-state index in [1.165, 1.54) is 16.7 Å². The molecule has 2 aliphatic heterocycles. The van der Waals surface area contributed by atoms with Crippen LogP contribution in [-0.4, -0.2) is 55.9 Å². The van der Waals surface area contributed by atoms with Gasteiger partial charge >= 0.3 is 11.9 Å². The van der Waals surface area contributed by atoms with E-state index in [4.69, 9.17) is 9.47 Å². The quantitative estimate of drug-likeness (QED) is 0.426. The largest absolute Gasteiger partial charge is 0.465 e. The summed E-state index contributed by atoms with van der Waals surface area (Å²) in [6.07, 6.45) is 4.16. The molecule has 40 heavy (non-hydrogen) atoms. The molecule has 0 aromatic heterocycles. The highest BCUT2D eigenvalue weighted by atomic mass is 16.5. The van der Waals surface area contributed by atoms with Gasteiger partial charge in [-0.1, -0.05) is 54.1 Å². The Hall–Kier alpha value is -3.77. The lowest BCUT2D eigenvalue weighted by atomic mass is 9.72. The maximum absolute atomic E-state index is 13.6. The minimum atomic E-state index is -0.743. The van der Waals surface area contributed by atoms with E-state index >= 15 is 0 Å². The van der Waals surface area contributed by atoms with Crippen molar-refractivity contribution in [2.24, 2.45) is 16.8 Å². The molecule has 0 amide bonds. The highest BCUT2D eigenvalue weighted by molar-refractivity contribution is 6.11. The molecule has 2 aromatic rings. The second-order valence-electron chi connectivity index (χ2n) is 10.7. The molecule has 1 saturated heterocycles. The highest BCUT2D eigenvalue weighted by Crippen LogP contribution is 2.48. The van der Waals surface area contributed by atoms with Gasteiger partial charge in [0.25, 0.3) is 0 Å². The van der Waals surface area contributed by atoms with Crippen LogP contribution >= 0.6 is 0 Å². The number of fused-ring (bicyclic) bond motifs is 2. The summed E-state index contributed by atoms with van der Waals surface area (Å²) in [7, 11) is 2.17. The summed E-state index contributed by atoms with van der Waals surface area (Å²) in [6, 6.07) is 16.8. The summed E-state index contributed by atoms with van der Waals surface area (Å²) in [5.74, 6) is -2.17. The van der Waals surface area contributed by atoms with Crippen molar-refractivity contribution in [3.05, 3.63) is 87.6 Å². The van der Waals surface area contributed by atoms with Crippen molar-refractivity contribution >= 4 is 34.9 Å². The van der Waals surface area contributed by atoms with E-state index in [1.807, 2.05) is 26.0 Å². The van der Waals surface area contributed by atoms with E-state index in [1.54, 1.807) is 13.8 Å².